The smallest absolute Gasteiger partial charge is 0.198 e. The number of hydrogen-bond donors (Lipinski definition) is 0. The highest BCUT2D eigenvalue weighted by molar-refractivity contribution is 6.31. The van der Waals surface area contributed by atoms with E-state index in [9.17, 15) is 4.79 Å². The molecule has 0 unspecified atom stereocenters. The lowest BCUT2D eigenvalue weighted by molar-refractivity contribution is 0.103. The lowest BCUT2D eigenvalue weighted by Gasteiger charge is -2.08. The monoisotopic (exact) mass is 297 g/mol. The summed E-state index contributed by atoms with van der Waals surface area (Å²) in [6.45, 7) is 0. The maximum Gasteiger partial charge on any atom is 0.198 e. The summed E-state index contributed by atoms with van der Waals surface area (Å²) in [6, 6.07) is 14.5. The first kappa shape index (κ1) is 13.6. The number of benzene rings is 2. The molecule has 0 bridgehead atoms. The molecule has 3 rings (SSSR count). The third-order valence-electron chi connectivity index (χ3n) is 3.26. The minimum Gasteiger partial charge on any atom is -0.496 e. The van der Waals surface area contributed by atoms with Gasteiger partial charge in [0.05, 0.1) is 18.2 Å². The normalized spacial score (nSPS) is 10.6. The van der Waals surface area contributed by atoms with Crippen molar-refractivity contribution in [2.75, 3.05) is 7.11 Å². The molecule has 0 atom stereocenters. The van der Waals surface area contributed by atoms with Crippen molar-refractivity contribution in [2.24, 2.45) is 0 Å². The molecule has 0 amide bonds. The predicted molar refractivity (Wildman–Crippen MR) is 83.2 cm³/mol. The Hall–Kier alpha value is -2.39. The number of carbonyl (C=O) groups is 1. The molecule has 21 heavy (non-hydrogen) atoms. The quantitative estimate of drug-likeness (QED) is 0.682. The van der Waals surface area contributed by atoms with Gasteiger partial charge >= 0.3 is 0 Å². The van der Waals surface area contributed by atoms with E-state index in [-0.39, 0.29) is 5.78 Å². The van der Waals surface area contributed by atoms with Crippen LogP contribution in [0.3, 0.4) is 0 Å². The average Bonchev–Trinajstić information content (AvgIpc) is 2.53. The zero-order valence-corrected chi connectivity index (χ0v) is 12.1. The van der Waals surface area contributed by atoms with Gasteiger partial charge in [0.2, 0.25) is 0 Å². The first-order chi connectivity index (χ1) is 10.2. The van der Waals surface area contributed by atoms with Crippen LogP contribution >= 0.6 is 11.6 Å². The molecule has 0 spiro atoms. The van der Waals surface area contributed by atoms with Crippen molar-refractivity contribution >= 4 is 28.3 Å². The van der Waals surface area contributed by atoms with E-state index in [1.54, 1.807) is 24.4 Å². The third kappa shape index (κ3) is 2.60. The molecule has 0 saturated heterocycles. The van der Waals surface area contributed by atoms with Gasteiger partial charge in [-0.3, -0.25) is 9.78 Å². The fraction of sp³-hybridized carbons (Fsp3) is 0.0588. The molecular formula is C17H12ClNO2. The van der Waals surface area contributed by atoms with E-state index in [1.807, 2.05) is 30.3 Å². The van der Waals surface area contributed by atoms with E-state index < -0.39 is 0 Å². The van der Waals surface area contributed by atoms with Gasteiger partial charge in [0.15, 0.2) is 5.78 Å². The Morgan fingerprint density at radius 2 is 1.95 bits per heavy atom. The molecule has 2 aromatic carbocycles. The number of nitrogens with zero attached hydrogens (tertiary/aromatic N) is 1. The van der Waals surface area contributed by atoms with Gasteiger partial charge < -0.3 is 4.74 Å². The largest absolute Gasteiger partial charge is 0.496 e. The molecule has 0 aliphatic rings. The number of fused-ring (bicyclic) bond motifs is 1. The second-order valence-electron chi connectivity index (χ2n) is 4.59. The lowest BCUT2D eigenvalue weighted by atomic mass is 10.0. The van der Waals surface area contributed by atoms with Gasteiger partial charge in [-0.25, -0.2) is 0 Å². The molecule has 3 aromatic rings. The summed E-state index contributed by atoms with van der Waals surface area (Å²) >= 11 is 5.98. The summed E-state index contributed by atoms with van der Waals surface area (Å²) in [5, 5.41) is 1.41. The summed E-state index contributed by atoms with van der Waals surface area (Å²) < 4.78 is 5.23. The molecule has 1 aromatic heterocycles. The van der Waals surface area contributed by atoms with Crippen molar-refractivity contribution in [3.8, 4) is 5.75 Å². The van der Waals surface area contributed by atoms with E-state index in [4.69, 9.17) is 16.3 Å². The Morgan fingerprint density at radius 1 is 1.14 bits per heavy atom. The zero-order valence-electron chi connectivity index (χ0n) is 11.3. The highest BCUT2D eigenvalue weighted by Gasteiger charge is 2.15. The van der Waals surface area contributed by atoms with Crippen molar-refractivity contribution in [2.45, 2.75) is 0 Å². The fourth-order valence-electron chi connectivity index (χ4n) is 2.21. The topological polar surface area (TPSA) is 39.2 Å². The van der Waals surface area contributed by atoms with Gasteiger partial charge in [-0.2, -0.15) is 0 Å². The molecule has 3 nitrogen and oxygen atoms in total. The van der Waals surface area contributed by atoms with Gasteiger partial charge in [-0.15, -0.1) is 0 Å². The molecule has 0 N–H and O–H groups in total. The van der Waals surface area contributed by atoms with Crippen LogP contribution in [-0.2, 0) is 0 Å². The van der Waals surface area contributed by atoms with Gasteiger partial charge in [0.1, 0.15) is 5.75 Å². The van der Waals surface area contributed by atoms with Crippen LogP contribution < -0.4 is 4.74 Å². The second-order valence-corrected chi connectivity index (χ2v) is 5.03. The van der Waals surface area contributed by atoms with Crippen molar-refractivity contribution in [1.82, 2.24) is 4.98 Å². The highest BCUT2D eigenvalue weighted by atomic mass is 35.5. The Balaban J connectivity index is 2.10. The average molecular weight is 298 g/mol. The Bertz CT molecular complexity index is 830. The second kappa shape index (κ2) is 5.54. The molecule has 104 valence electrons. The molecular weight excluding hydrogens is 286 g/mol. The number of rotatable bonds is 3. The number of aromatic nitrogens is 1. The van der Waals surface area contributed by atoms with Crippen molar-refractivity contribution in [3.63, 3.8) is 0 Å². The first-order valence-electron chi connectivity index (χ1n) is 6.42. The van der Waals surface area contributed by atoms with E-state index >= 15 is 0 Å². The lowest BCUT2D eigenvalue weighted by Crippen LogP contribution is -2.04. The van der Waals surface area contributed by atoms with E-state index in [2.05, 4.69) is 4.98 Å². The summed E-state index contributed by atoms with van der Waals surface area (Å²) in [4.78, 5) is 17.0. The molecule has 4 heteroatoms. The van der Waals surface area contributed by atoms with E-state index in [0.717, 1.165) is 10.9 Å². The Kier molecular flexibility index (Phi) is 3.59. The molecule has 0 fully saturated rings. The summed E-state index contributed by atoms with van der Waals surface area (Å²) in [5.41, 5.74) is 1.79. The van der Waals surface area contributed by atoms with Gasteiger partial charge in [-0.05, 0) is 30.3 Å². The number of pyridine rings is 1. The number of para-hydroxylation sites is 1. The molecule has 0 saturated carbocycles. The number of ketones is 1. The van der Waals surface area contributed by atoms with Crippen LogP contribution in [-0.4, -0.2) is 17.9 Å². The van der Waals surface area contributed by atoms with E-state index in [0.29, 0.717) is 21.9 Å². The van der Waals surface area contributed by atoms with Gasteiger partial charge in [0, 0.05) is 22.2 Å². The summed E-state index contributed by atoms with van der Waals surface area (Å²) in [5.74, 6) is 0.338. The Morgan fingerprint density at radius 3 is 2.76 bits per heavy atom. The Labute approximate surface area is 127 Å². The molecule has 0 radical (unpaired) electrons. The maximum atomic E-state index is 12.6. The van der Waals surface area contributed by atoms with Crippen molar-refractivity contribution < 1.29 is 9.53 Å². The van der Waals surface area contributed by atoms with Crippen LogP contribution in [0.1, 0.15) is 15.9 Å². The van der Waals surface area contributed by atoms with E-state index in [1.165, 1.54) is 7.11 Å². The minimum atomic E-state index is -0.160. The first-order valence-corrected chi connectivity index (χ1v) is 6.80. The highest BCUT2D eigenvalue weighted by Crippen LogP contribution is 2.26. The van der Waals surface area contributed by atoms with Crippen LogP contribution in [0.2, 0.25) is 5.02 Å². The number of carbonyl (C=O) groups excluding carboxylic acids is 1. The number of ether oxygens (including phenoxy) is 1. The molecule has 0 aliphatic carbocycles. The van der Waals surface area contributed by atoms with Crippen LogP contribution in [0.5, 0.6) is 5.75 Å². The fourth-order valence-corrected chi connectivity index (χ4v) is 2.38. The standard InChI is InChI=1S/C17H12ClNO2/c1-21-16-7-6-13(18)9-14(16)17(20)12-8-11-4-2-3-5-15(11)19-10-12/h2-10H,1H3. The van der Waals surface area contributed by atoms with Crippen LogP contribution in [0.4, 0.5) is 0 Å². The van der Waals surface area contributed by atoms with Crippen LogP contribution in [0.15, 0.2) is 54.7 Å². The van der Waals surface area contributed by atoms with Gasteiger partial charge in [0.25, 0.3) is 0 Å². The van der Waals surface area contributed by atoms with Crippen molar-refractivity contribution in [1.29, 1.82) is 0 Å². The number of hydrogen-bond acceptors (Lipinski definition) is 3. The minimum absolute atomic E-state index is 0.160. The maximum absolute atomic E-state index is 12.6. The zero-order chi connectivity index (χ0) is 14.8. The molecule has 0 aliphatic heterocycles. The summed E-state index contributed by atoms with van der Waals surface area (Å²) in [7, 11) is 1.53. The third-order valence-corrected chi connectivity index (χ3v) is 3.49. The number of methoxy groups -OCH3 is 1. The van der Waals surface area contributed by atoms with Crippen molar-refractivity contribution in [3.05, 3.63) is 70.9 Å². The predicted octanol–water partition coefficient (Wildman–Crippen LogP) is 4.13. The molecule has 1 heterocycles. The van der Waals surface area contributed by atoms with Crippen LogP contribution in [0.25, 0.3) is 10.9 Å². The van der Waals surface area contributed by atoms with Crippen LogP contribution in [0, 0.1) is 0 Å². The number of halogens is 1. The SMILES string of the molecule is COc1ccc(Cl)cc1C(=O)c1cnc2ccccc2c1. The summed E-state index contributed by atoms with van der Waals surface area (Å²) in [6.07, 6.45) is 1.57. The van der Waals surface area contributed by atoms with Gasteiger partial charge in [-0.1, -0.05) is 29.8 Å².